The number of hydrogen-bond acceptors (Lipinski definition) is 4. The van der Waals surface area contributed by atoms with Gasteiger partial charge in [0.2, 0.25) is 0 Å². The minimum absolute atomic E-state index is 0.0521. The fourth-order valence-corrected chi connectivity index (χ4v) is 3.36. The third-order valence-corrected chi connectivity index (χ3v) is 4.56. The summed E-state index contributed by atoms with van der Waals surface area (Å²) < 4.78 is 13.2. The summed E-state index contributed by atoms with van der Waals surface area (Å²) >= 11 is 1.29. The van der Waals surface area contributed by atoms with Crippen LogP contribution in [0, 0.1) is 5.82 Å². The van der Waals surface area contributed by atoms with Crippen LogP contribution in [-0.2, 0) is 4.79 Å². The maximum absolute atomic E-state index is 13.2. The average molecular weight is 306 g/mol. The molecule has 21 heavy (non-hydrogen) atoms. The second-order valence-electron chi connectivity index (χ2n) is 5.06. The van der Waals surface area contributed by atoms with Gasteiger partial charge in [-0.15, -0.1) is 0 Å². The number of aromatic hydroxyl groups is 1. The van der Waals surface area contributed by atoms with Crippen molar-refractivity contribution in [3.8, 4) is 5.75 Å². The van der Waals surface area contributed by atoms with Gasteiger partial charge >= 0.3 is 0 Å². The maximum Gasteiger partial charge on any atom is 0.286 e. The molecule has 6 heteroatoms. The summed E-state index contributed by atoms with van der Waals surface area (Å²) in [4.78, 5) is 18.5. The number of halogens is 1. The van der Waals surface area contributed by atoms with Crippen LogP contribution < -0.4 is 0 Å². The zero-order valence-corrected chi connectivity index (χ0v) is 12.2. The summed E-state index contributed by atoms with van der Waals surface area (Å²) in [6, 6.07) is 3.66. The van der Waals surface area contributed by atoms with Crippen LogP contribution in [-0.4, -0.2) is 34.2 Å². The van der Waals surface area contributed by atoms with Crippen molar-refractivity contribution >= 4 is 28.9 Å². The van der Waals surface area contributed by atoms with Crippen molar-refractivity contribution in [3.63, 3.8) is 0 Å². The smallest absolute Gasteiger partial charge is 0.286 e. The molecule has 1 aromatic rings. The van der Waals surface area contributed by atoms with Crippen LogP contribution in [0.3, 0.4) is 0 Å². The number of amides is 1. The number of phenols is 1. The standard InChI is InChI=1S/C15H15FN2O2S/c16-11-4-5-12(19)10(8-11)9-13-14(20)17-15(21-13)18-6-2-1-3-7-18/h4-5,8-9,19H,1-3,6-7H2. The van der Waals surface area contributed by atoms with Gasteiger partial charge in [-0.3, -0.25) is 4.79 Å². The van der Waals surface area contributed by atoms with Crippen molar-refractivity contribution in [2.45, 2.75) is 19.3 Å². The molecule has 3 rings (SSSR count). The van der Waals surface area contributed by atoms with E-state index in [9.17, 15) is 14.3 Å². The lowest BCUT2D eigenvalue weighted by molar-refractivity contribution is -0.113. The van der Waals surface area contributed by atoms with Gasteiger partial charge in [0.05, 0.1) is 4.91 Å². The molecule has 110 valence electrons. The van der Waals surface area contributed by atoms with Gasteiger partial charge in [-0.25, -0.2) is 4.39 Å². The lowest BCUT2D eigenvalue weighted by atomic mass is 10.1. The Morgan fingerprint density at radius 3 is 2.81 bits per heavy atom. The van der Waals surface area contributed by atoms with Gasteiger partial charge < -0.3 is 10.0 Å². The minimum Gasteiger partial charge on any atom is -0.507 e. The molecule has 0 radical (unpaired) electrons. The van der Waals surface area contributed by atoms with E-state index < -0.39 is 5.82 Å². The number of carbonyl (C=O) groups is 1. The van der Waals surface area contributed by atoms with E-state index in [1.807, 2.05) is 0 Å². The predicted octanol–water partition coefficient (Wildman–Crippen LogP) is 2.99. The van der Waals surface area contributed by atoms with Gasteiger partial charge in [-0.1, -0.05) is 0 Å². The molecule has 2 aliphatic heterocycles. The molecular formula is C15H15FN2O2S. The molecule has 0 bridgehead atoms. The van der Waals surface area contributed by atoms with Gasteiger partial charge in [-0.2, -0.15) is 4.99 Å². The fraction of sp³-hybridized carbons (Fsp3) is 0.333. The molecule has 2 heterocycles. The van der Waals surface area contributed by atoms with E-state index >= 15 is 0 Å². The first-order chi connectivity index (χ1) is 10.1. The molecule has 0 atom stereocenters. The van der Waals surface area contributed by atoms with E-state index in [-0.39, 0.29) is 11.7 Å². The Kier molecular flexibility index (Phi) is 3.96. The highest BCUT2D eigenvalue weighted by molar-refractivity contribution is 8.18. The van der Waals surface area contributed by atoms with Gasteiger partial charge in [-0.05, 0) is 55.3 Å². The highest BCUT2D eigenvalue weighted by atomic mass is 32.2. The number of rotatable bonds is 1. The largest absolute Gasteiger partial charge is 0.507 e. The van der Waals surface area contributed by atoms with Gasteiger partial charge in [0.1, 0.15) is 11.6 Å². The summed E-state index contributed by atoms with van der Waals surface area (Å²) in [5.74, 6) is -0.833. The molecule has 1 saturated heterocycles. The quantitative estimate of drug-likeness (QED) is 0.810. The van der Waals surface area contributed by atoms with Crippen molar-refractivity contribution in [3.05, 3.63) is 34.5 Å². The molecule has 1 N–H and O–H groups in total. The van der Waals surface area contributed by atoms with Gasteiger partial charge in [0, 0.05) is 18.7 Å². The molecule has 0 aliphatic carbocycles. The predicted molar refractivity (Wildman–Crippen MR) is 81.5 cm³/mol. The molecule has 1 fully saturated rings. The number of nitrogens with zero attached hydrogens (tertiary/aromatic N) is 2. The van der Waals surface area contributed by atoms with Crippen LogP contribution in [0.4, 0.5) is 4.39 Å². The van der Waals surface area contributed by atoms with E-state index in [1.54, 1.807) is 0 Å². The van der Waals surface area contributed by atoms with E-state index in [1.165, 1.54) is 42.5 Å². The van der Waals surface area contributed by atoms with Crippen molar-refractivity contribution < 1.29 is 14.3 Å². The second kappa shape index (κ2) is 5.89. The van der Waals surface area contributed by atoms with Crippen LogP contribution in [0.5, 0.6) is 5.75 Å². The number of amidine groups is 1. The Morgan fingerprint density at radius 2 is 2.05 bits per heavy atom. The number of aliphatic imine (C=N–C) groups is 1. The highest BCUT2D eigenvalue weighted by Crippen LogP contribution is 2.33. The van der Waals surface area contributed by atoms with Crippen molar-refractivity contribution in [2.24, 2.45) is 4.99 Å². The topological polar surface area (TPSA) is 52.9 Å². The molecular weight excluding hydrogens is 291 g/mol. The van der Waals surface area contributed by atoms with Crippen LogP contribution in [0.1, 0.15) is 24.8 Å². The summed E-state index contributed by atoms with van der Waals surface area (Å²) in [5.41, 5.74) is 0.293. The van der Waals surface area contributed by atoms with E-state index in [4.69, 9.17) is 0 Å². The monoisotopic (exact) mass is 306 g/mol. The highest BCUT2D eigenvalue weighted by Gasteiger charge is 2.27. The number of piperidine rings is 1. The third-order valence-electron chi connectivity index (χ3n) is 3.51. The number of benzene rings is 1. The molecule has 0 saturated carbocycles. The molecule has 0 spiro atoms. The van der Waals surface area contributed by atoms with Crippen LogP contribution >= 0.6 is 11.8 Å². The Labute approximate surface area is 126 Å². The number of hydrogen-bond donors (Lipinski definition) is 1. The van der Waals surface area contributed by atoms with Crippen molar-refractivity contribution in [2.75, 3.05) is 13.1 Å². The normalized spacial score (nSPS) is 21.0. The van der Waals surface area contributed by atoms with Crippen LogP contribution in [0.2, 0.25) is 0 Å². The number of carbonyl (C=O) groups excluding carboxylic acids is 1. The van der Waals surface area contributed by atoms with Crippen molar-refractivity contribution in [1.29, 1.82) is 0 Å². The first-order valence-electron chi connectivity index (χ1n) is 6.89. The zero-order valence-electron chi connectivity index (χ0n) is 11.4. The second-order valence-corrected chi connectivity index (χ2v) is 6.07. The molecule has 1 amide bonds. The third kappa shape index (κ3) is 3.10. The van der Waals surface area contributed by atoms with E-state index in [0.29, 0.717) is 15.6 Å². The van der Waals surface area contributed by atoms with Gasteiger partial charge in [0.15, 0.2) is 5.17 Å². The first-order valence-corrected chi connectivity index (χ1v) is 7.71. The Bertz CT molecular complexity index is 637. The lowest BCUT2D eigenvalue weighted by Gasteiger charge is -2.27. The molecule has 1 aromatic carbocycles. The maximum atomic E-state index is 13.2. The van der Waals surface area contributed by atoms with Gasteiger partial charge in [0.25, 0.3) is 5.91 Å². The fourth-order valence-electron chi connectivity index (χ4n) is 2.40. The number of thioether (sulfide) groups is 1. The average Bonchev–Trinajstić information content (AvgIpc) is 2.85. The van der Waals surface area contributed by atoms with Crippen LogP contribution in [0.15, 0.2) is 28.1 Å². The summed E-state index contributed by atoms with van der Waals surface area (Å²) in [7, 11) is 0. The zero-order chi connectivity index (χ0) is 14.8. The van der Waals surface area contributed by atoms with Crippen LogP contribution in [0.25, 0.3) is 6.08 Å². The Morgan fingerprint density at radius 1 is 1.29 bits per heavy atom. The summed E-state index contributed by atoms with van der Waals surface area (Å²) in [5, 5.41) is 10.4. The number of phenolic OH excluding ortho intramolecular Hbond substituents is 1. The molecule has 0 aromatic heterocycles. The van der Waals surface area contributed by atoms with Crippen molar-refractivity contribution in [1.82, 2.24) is 4.90 Å². The summed E-state index contributed by atoms with van der Waals surface area (Å²) in [6.07, 6.45) is 4.92. The van der Waals surface area contributed by atoms with E-state index in [0.717, 1.165) is 25.9 Å². The Hall–Kier alpha value is -1.82. The first kappa shape index (κ1) is 14.1. The molecule has 0 unspecified atom stereocenters. The number of likely N-dealkylation sites (tertiary alicyclic amines) is 1. The molecule has 4 nitrogen and oxygen atoms in total. The Balaban J connectivity index is 1.80. The van der Waals surface area contributed by atoms with E-state index in [2.05, 4.69) is 9.89 Å². The SMILES string of the molecule is O=C1N=C(N2CCCCC2)SC1=Cc1cc(F)ccc1O. The molecule has 2 aliphatic rings. The minimum atomic E-state index is -0.452. The summed E-state index contributed by atoms with van der Waals surface area (Å²) in [6.45, 7) is 1.83. The lowest BCUT2D eigenvalue weighted by Crippen LogP contribution is -2.33.